The van der Waals surface area contributed by atoms with Crippen molar-refractivity contribution in [3.8, 4) is 17.6 Å². The third-order valence-corrected chi connectivity index (χ3v) is 3.56. The van der Waals surface area contributed by atoms with Gasteiger partial charge in [-0.1, -0.05) is 24.7 Å². The highest BCUT2D eigenvalue weighted by Crippen LogP contribution is 2.12. The highest BCUT2D eigenvalue weighted by atomic mass is 16.5. The van der Waals surface area contributed by atoms with Crippen LogP contribution in [0.5, 0.6) is 5.75 Å². The van der Waals surface area contributed by atoms with Crippen LogP contribution in [0.3, 0.4) is 0 Å². The van der Waals surface area contributed by atoms with E-state index in [1.165, 1.54) is 38.8 Å². The zero-order chi connectivity index (χ0) is 14.0. The lowest BCUT2D eigenvalue weighted by molar-refractivity contribution is 0.214. The minimum Gasteiger partial charge on any atom is -0.492 e. The van der Waals surface area contributed by atoms with Gasteiger partial charge in [-0.05, 0) is 50.2 Å². The van der Waals surface area contributed by atoms with Crippen molar-refractivity contribution in [2.75, 3.05) is 32.8 Å². The summed E-state index contributed by atoms with van der Waals surface area (Å²) in [4.78, 5) is 2.51. The number of benzene rings is 1. The van der Waals surface area contributed by atoms with E-state index < -0.39 is 0 Å². The zero-order valence-electron chi connectivity index (χ0n) is 12.1. The molecule has 2 N–H and O–H groups in total. The van der Waals surface area contributed by atoms with Gasteiger partial charge in [0.05, 0.1) is 6.54 Å². The van der Waals surface area contributed by atoms with E-state index in [-0.39, 0.29) is 0 Å². The van der Waals surface area contributed by atoms with Crippen molar-refractivity contribution >= 4 is 0 Å². The van der Waals surface area contributed by atoms with Gasteiger partial charge in [-0.3, -0.25) is 4.90 Å². The summed E-state index contributed by atoms with van der Waals surface area (Å²) in [6, 6.07) is 7.90. The third kappa shape index (κ3) is 5.24. The van der Waals surface area contributed by atoms with Crippen LogP contribution in [0, 0.1) is 11.8 Å². The van der Waals surface area contributed by atoms with Gasteiger partial charge in [0.15, 0.2) is 0 Å². The Morgan fingerprint density at radius 3 is 2.40 bits per heavy atom. The van der Waals surface area contributed by atoms with E-state index >= 15 is 0 Å². The lowest BCUT2D eigenvalue weighted by Gasteiger charge is -2.19. The van der Waals surface area contributed by atoms with E-state index in [0.717, 1.165) is 24.5 Å². The summed E-state index contributed by atoms with van der Waals surface area (Å²) in [7, 11) is 0. The monoisotopic (exact) mass is 272 g/mol. The van der Waals surface area contributed by atoms with E-state index in [4.69, 9.17) is 10.5 Å². The molecule has 0 saturated carbocycles. The summed E-state index contributed by atoms with van der Waals surface area (Å²) < 4.78 is 5.79. The van der Waals surface area contributed by atoms with E-state index in [1.807, 2.05) is 24.3 Å². The molecule has 0 bridgehead atoms. The van der Waals surface area contributed by atoms with Crippen molar-refractivity contribution in [1.29, 1.82) is 0 Å². The molecule has 20 heavy (non-hydrogen) atoms. The molecule has 2 rings (SSSR count). The van der Waals surface area contributed by atoms with Gasteiger partial charge < -0.3 is 10.5 Å². The van der Waals surface area contributed by atoms with Crippen LogP contribution < -0.4 is 10.5 Å². The maximum Gasteiger partial charge on any atom is 0.119 e. The Labute approximate surface area is 122 Å². The van der Waals surface area contributed by atoms with Crippen molar-refractivity contribution in [1.82, 2.24) is 4.90 Å². The highest BCUT2D eigenvalue weighted by Gasteiger charge is 2.08. The molecule has 1 aliphatic heterocycles. The SMILES string of the molecule is NCC#Cc1ccc(OCCN2CCCCCC2)cc1. The van der Waals surface area contributed by atoms with Gasteiger partial charge in [0.1, 0.15) is 12.4 Å². The van der Waals surface area contributed by atoms with Crippen molar-refractivity contribution < 1.29 is 4.74 Å². The molecule has 1 fully saturated rings. The Morgan fingerprint density at radius 2 is 1.75 bits per heavy atom. The Balaban J connectivity index is 1.73. The molecule has 0 amide bonds. The normalized spacial score (nSPS) is 16.1. The predicted octanol–water partition coefficient (Wildman–Crippen LogP) is 2.25. The van der Waals surface area contributed by atoms with Gasteiger partial charge in [0.25, 0.3) is 0 Å². The number of rotatable bonds is 4. The first kappa shape index (κ1) is 14.9. The van der Waals surface area contributed by atoms with E-state index in [0.29, 0.717) is 6.54 Å². The van der Waals surface area contributed by atoms with E-state index in [1.54, 1.807) is 0 Å². The zero-order valence-corrected chi connectivity index (χ0v) is 12.1. The van der Waals surface area contributed by atoms with Crippen molar-refractivity contribution in [3.05, 3.63) is 29.8 Å². The molecular formula is C17H24N2O. The van der Waals surface area contributed by atoms with Crippen molar-refractivity contribution in [3.63, 3.8) is 0 Å². The molecule has 0 aliphatic carbocycles. The summed E-state index contributed by atoms with van der Waals surface area (Å²) in [5, 5.41) is 0. The molecule has 1 aliphatic rings. The second-order valence-electron chi connectivity index (χ2n) is 5.13. The number of ether oxygens (including phenoxy) is 1. The standard InChI is InChI=1S/C17H24N2O/c18-11-5-6-16-7-9-17(10-8-16)20-15-14-19-12-3-1-2-4-13-19/h7-10H,1-4,11-15,18H2. The molecular weight excluding hydrogens is 248 g/mol. The van der Waals surface area contributed by atoms with Crippen LogP contribution in [0.1, 0.15) is 31.2 Å². The quantitative estimate of drug-likeness (QED) is 0.854. The van der Waals surface area contributed by atoms with Crippen LogP contribution in [0.4, 0.5) is 0 Å². The van der Waals surface area contributed by atoms with E-state index in [9.17, 15) is 0 Å². The van der Waals surface area contributed by atoms with Gasteiger partial charge in [0, 0.05) is 12.1 Å². The lowest BCUT2D eigenvalue weighted by Crippen LogP contribution is -2.29. The summed E-state index contributed by atoms with van der Waals surface area (Å²) in [6.07, 6.45) is 5.41. The summed E-state index contributed by atoms with van der Waals surface area (Å²) in [6.45, 7) is 4.62. The number of likely N-dealkylation sites (tertiary alicyclic amines) is 1. The lowest BCUT2D eigenvalue weighted by atomic mass is 10.2. The number of nitrogens with zero attached hydrogens (tertiary/aromatic N) is 1. The Kier molecular flexibility index (Phi) is 6.43. The highest BCUT2D eigenvalue weighted by molar-refractivity contribution is 5.38. The fraction of sp³-hybridized carbons (Fsp3) is 0.529. The van der Waals surface area contributed by atoms with Gasteiger partial charge in [0.2, 0.25) is 0 Å². The number of nitrogens with two attached hydrogens (primary N) is 1. The average molecular weight is 272 g/mol. The van der Waals surface area contributed by atoms with Crippen LogP contribution >= 0.6 is 0 Å². The maximum atomic E-state index is 5.79. The Hall–Kier alpha value is -1.50. The molecule has 1 aromatic rings. The molecule has 0 atom stereocenters. The Bertz CT molecular complexity index is 436. The minimum atomic E-state index is 0.397. The second kappa shape index (κ2) is 8.63. The second-order valence-corrected chi connectivity index (χ2v) is 5.13. The molecule has 0 radical (unpaired) electrons. The average Bonchev–Trinajstić information content (AvgIpc) is 2.75. The molecule has 3 heteroatoms. The van der Waals surface area contributed by atoms with Crippen LogP contribution in [-0.4, -0.2) is 37.7 Å². The van der Waals surface area contributed by atoms with Crippen LogP contribution in [0.15, 0.2) is 24.3 Å². The predicted molar refractivity (Wildman–Crippen MR) is 82.8 cm³/mol. The smallest absolute Gasteiger partial charge is 0.119 e. The minimum absolute atomic E-state index is 0.397. The Morgan fingerprint density at radius 1 is 1.05 bits per heavy atom. The van der Waals surface area contributed by atoms with E-state index in [2.05, 4.69) is 16.7 Å². The van der Waals surface area contributed by atoms with Crippen LogP contribution in [0.2, 0.25) is 0 Å². The first-order valence-corrected chi connectivity index (χ1v) is 7.52. The molecule has 0 aromatic heterocycles. The largest absolute Gasteiger partial charge is 0.492 e. The van der Waals surface area contributed by atoms with Crippen LogP contribution in [-0.2, 0) is 0 Å². The number of hydrogen-bond acceptors (Lipinski definition) is 3. The summed E-state index contributed by atoms with van der Waals surface area (Å²) in [5.41, 5.74) is 6.33. The van der Waals surface area contributed by atoms with Crippen molar-refractivity contribution in [2.24, 2.45) is 5.73 Å². The summed E-state index contributed by atoms with van der Waals surface area (Å²) in [5.74, 6) is 6.77. The fourth-order valence-electron chi connectivity index (χ4n) is 2.44. The first-order chi connectivity index (χ1) is 9.88. The van der Waals surface area contributed by atoms with Gasteiger partial charge in [-0.25, -0.2) is 0 Å². The topological polar surface area (TPSA) is 38.5 Å². The van der Waals surface area contributed by atoms with Gasteiger partial charge in [-0.2, -0.15) is 0 Å². The molecule has 0 spiro atoms. The molecule has 108 valence electrons. The van der Waals surface area contributed by atoms with Gasteiger partial charge in [-0.15, -0.1) is 0 Å². The summed E-state index contributed by atoms with van der Waals surface area (Å²) >= 11 is 0. The van der Waals surface area contributed by atoms with Crippen molar-refractivity contribution in [2.45, 2.75) is 25.7 Å². The molecule has 1 saturated heterocycles. The first-order valence-electron chi connectivity index (χ1n) is 7.52. The molecule has 3 nitrogen and oxygen atoms in total. The van der Waals surface area contributed by atoms with Gasteiger partial charge >= 0.3 is 0 Å². The van der Waals surface area contributed by atoms with Crippen LogP contribution in [0.25, 0.3) is 0 Å². The third-order valence-electron chi connectivity index (χ3n) is 3.56. The number of hydrogen-bond donors (Lipinski definition) is 1. The molecule has 1 heterocycles. The fourth-order valence-corrected chi connectivity index (χ4v) is 2.44. The molecule has 0 unspecified atom stereocenters. The maximum absolute atomic E-state index is 5.79. The molecule has 1 aromatic carbocycles.